The van der Waals surface area contributed by atoms with Crippen molar-refractivity contribution in [2.45, 2.75) is 13.3 Å². The van der Waals surface area contributed by atoms with Gasteiger partial charge in [-0.25, -0.2) is 4.79 Å². The molecule has 10 heteroatoms. The first kappa shape index (κ1) is 20.9. The number of amidine groups is 1. The number of carbonyl (C=O) groups is 2. The number of nitrogens with one attached hydrogen (secondary N) is 1. The van der Waals surface area contributed by atoms with Crippen molar-refractivity contribution < 1.29 is 19.1 Å². The number of nitrogens with zero attached hydrogens (tertiary/aromatic N) is 2. The second kappa shape index (κ2) is 10.1. The molecule has 2 rings (SSSR count). The molecule has 0 saturated carbocycles. The van der Waals surface area contributed by atoms with Crippen molar-refractivity contribution in [3.63, 3.8) is 0 Å². The van der Waals surface area contributed by atoms with Gasteiger partial charge in [-0.15, -0.1) is 5.10 Å². The van der Waals surface area contributed by atoms with Crippen LogP contribution in [0.5, 0.6) is 5.75 Å². The minimum Gasteiger partial charge on any atom is -0.492 e. The van der Waals surface area contributed by atoms with Crippen molar-refractivity contribution in [2.24, 2.45) is 10.2 Å². The highest BCUT2D eigenvalue weighted by atomic mass is 127. The third-order valence-electron chi connectivity index (χ3n) is 2.93. The summed E-state index contributed by atoms with van der Waals surface area (Å²) in [4.78, 5) is 23.2. The maximum atomic E-state index is 11.8. The second-order valence-electron chi connectivity index (χ2n) is 4.89. The molecule has 0 spiro atoms. The summed E-state index contributed by atoms with van der Waals surface area (Å²) in [5.41, 5.74) is 0.765. The quantitative estimate of drug-likeness (QED) is 0.192. The van der Waals surface area contributed by atoms with Crippen LogP contribution in [0.1, 0.15) is 18.9 Å². The van der Waals surface area contributed by atoms with Gasteiger partial charge in [-0.2, -0.15) is 5.10 Å². The number of thioether (sulfide) groups is 1. The van der Waals surface area contributed by atoms with Gasteiger partial charge in [0.2, 0.25) is 0 Å². The molecule has 0 unspecified atom stereocenters. The van der Waals surface area contributed by atoms with Crippen molar-refractivity contribution in [3.05, 3.63) is 36.7 Å². The summed E-state index contributed by atoms with van der Waals surface area (Å²) < 4.78 is 12.1. The molecule has 1 aromatic rings. The number of hydrogen-bond donors (Lipinski definition) is 1. The van der Waals surface area contributed by atoms with Crippen LogP contribution in [-0.4, -0.2) is 37.0 Å². The van der Waals surface area contributed by atoms with Crippen molar-refractivity contribution in [2.75, 3.05) is 13.7 Å². The molecule has 1 amide bonds. The Balaban J connectivity index is 2.18. The SMILES string of the molecule is CCCOc1c(I)cc(Br)cc1C=N/N=C1/NC(=O)/C(=C\C(=O)OC)S1. The zero-order chi connectivity index (χ0) is 19.1. The van der Waals surface area contributed by atoms with Crippen LogP contribution >= 0.6 is 50.3 Å². The second-order valence-corrected chi connectivity index (χ2v) is 8.00. The largest absolute Gasteiger partial charge is 0.492 e. The molecule has 1 aromatic carbocycles. The first-order valence-corrected chi connectivity index (χ1v) is 10.1. The predicted molar refractivity (Wildman–Crippen MR) is 114 cm³/mol. The Morgan fingerprint density at radius 1 is 1.46 bits per heavy atom. The summed E-state index contributed by atoms with van der Waals surface area (Å²) >= 11 is 6.66. The Bertz CT molecular complexity index is 811. The van der Waals surface area contributed by atoms with Crippen molar-refractivity contribution >= 4 is 73.5 Å². The molecule has 1 saturated heterocycles. The highest BCUT2D eigenvalue weighted by molar-refractivity contribution is 14.1. The van der Waals surface area contributed by atoms with E-state index in [0.29, 0.717) is 6.61 Å². The van der Waals surface area contributed by atoms with E-state index < -0.39 is 11.9 Å². The smallest absolute Gasteiger partial charge is 0.331 e. The number of halogens is 2. The molecule has 138 valence electrons. The maximum Gasteiger partial charge on any atom is 0.331 e. The molecular weight excluding hydrogens is 537 g/mol. The van der Waals surface area contributed by atoms with Gasteiger partial charge < -0.3 is 9.47 Å². The van der Waals surface area contributed by atoms with Gasteiger partial charge in [0.25, 0.3) is 5.91 Å². The molecule has 1 aliphatic heterocycles. The van der Waals surface area contributed by atoms with Gasteiger partial charge in [-0.1, -0.05) is 22.9 Å². The Kier molecular flexibility index (Phi) is 8.10. The Morgan fingerprint density at radius 2 is 2.23 bits per heavy atom. The van der Waals surface area contributed by atoms with Crippen LogP contribution in [0.2, 0.25) is 0 Å². The van der Waals surface area contributed by atoms with Crippen LogP contribution in [0.15, 0.2) is 37.8 Å². The molecule has 1 fully saturated rings. The molecule has 1 aliphatic rings. The van der Waals surface area contributed by atoms with Crippen molar-refractivity contribution in [1.82, 2.24) is 5.32 Å². The van der Waals surface area contributed by atoms with Gasteiger partial charge in [0.15, 0.2) is 5.17 Å². The lowest BCUT2D eigenvalue weighted by molar-refractivity contribution is -0.135. The van der Waals surface area contributed by atoms with Gasteiger partial charge in [0.1, 0.15) is 5.75 Å². The number of hydrogen-bond acceptors (Lipinski definition) is 7. The topological polar surface area (TPSA) is 89.4 Å². The fraction of sp³-hybridized carbons (Fsp3) is 0.250. The third kappa shape index (κ3) is 5.81. The highest BCUT2D eigenvalue weighted by Gasteiger charge is 2.25. The summed E-state index contributed by atoms with van der Waals surface area (Å²) in [5, 5.41) is 10.8. The summed E-state index contributed by atoms with van der Waals surface area (Å²) in [6.07, 6.45) is 3.56. The van der Waals surface area contributed by atoms with E-state index >= 15 is 0 Å². The van der Waals surface area contributed by atoms with E-state index in [-0.39, 0.29) is 10.1 Å². The van der Waals surface area contributed by atoms with E-state index in [1.807, 2.05) is 19.1 Å². The predicted octanol–water partition coefficient (Wildman–Crippen LogP) is 3.45. The van der Waals surface area contributed by atoms with Gasteiger partial charge in [0, 0.05) is 16.1 Å². The Labute approximate surface area is 176 Å². The molecule has 0 aliphatic carbocycles. The Morgan fingerprint density at radius 3 is 2.92 bits per heavy atom. The lowest BCUT2D eigenvalue weighted by atomic mass is 10.2. The van der Waals surface area contributed by atoms with Crippen molar-refractivity contribution in [3.8, 4) is 5.75 Å². The van der Waals surface area contributed by atoms with Gasteiger partial charge in [-0.3, -0.25) is 10.1 Å². The molecular formula is C16H15BrIN3O4S. The summed E-state index contributed by atoms with van der Waals surface area (Å²) in [6, 6.07) is 3.82. The first-order chi connectivity index (χ1) is 12.4. The van der Waals surface area contributed by atoms with Crippen LogP contribution in [0.25, 0.3) is 0 Å². The zero-order valence-corrected chi connectivity index (χ0v) is 18.5. The van der Waals surface area contributed by atoms with E-state index in [9.17, 15) is 9.59 Å². The highest BCUT2D eigenvalue weighted by Crippen LogP contribution is 2.29. The van der Waals surface area contributed by atoms with Gasteiger partial charge in [0.05, 0.1) is 28.4 Å². The lowest BCUT2D eigenvalue weighted by Gasteiger charge is -2.10. The van der Waals surface area contributed by atoms with E-state index in [0.717, 1.165) is 43.6 Å². The number of ether oxygens (including phenoxy) is 2. The van der Waals surface area contributed by atoms with Crippen LogP contribution in [0, 0.1) is 3.57 Å². The minimum absolute atomic E-state index is 0.203. The number of rotatable bonds is 6. The fourth-order valence-electron chi connectivity index (χ4n) is 1.82. The number of carbonyl (C=O) groups excluding carboxylic acids is 2. The van der Waals surface area contributed by atoms with Crippen LogP contribution < -0.4 is 10.1 Å². The average Bonchev–Trinajstić information content (AvgIpc) is 2.93. The van der Waals surface area contributed by atoms with Crippen LogP contribution in [0.3, 0.4) is 0 Å². The lowest BCUT2D eigenvalue weighted by Crippen LogP contribution is -2.19. The molecule has 1 N–H and O–H groups in total. The fourth-order valence-corrected chi connectivity index (χ4v) is 4.26. The average molecular weight is 552 g/mol. The molecule has 0 aromatic heterocycles. The normalized spacial score (nSPS) is 17.2. The molecule has 26 heavy (non-hydrogen) atoms. The summed E-state index contributed by atoms with van der Waals surface area (Å²) in [5.74, 6) is -0.291. The molecule has 1 heterocycles. The molecule has 0 radical (unpaired) electrons. The molecule has 0 bridgehead atoms. The summed E-state index contributed by atoms with van der Waals surface area (Å²) in [6.45, 7) is 2.63. The Hall–Kier alpha value is -1.40. The van der Waals surface area contributed by atoms with Crippen LogP contribution in [-0.2, 0) is 14.3 Å². The van der Waals surface area contributed by atoms with E-state index in [1.165, 1.54) is 7.11 Å². The standard InChI is InChI=1S/C16H15BrIN3O4S/c1-3-4-25-14-9(5-10(17)6-11(14)18)8-19-21-16-20-15(23)12(26-16)7-13(22)24-2/h5-8H,3-4H2,1-2H3,(H,20,21,23)/b12-7+,19-8?. The monoisotopic (exact) mass is 551 g/mol. The third-order valence-corrected chi connectivity index (χ3v) is 5.09. The van der Waals surface area contributed by atoms with E-state index in [1.54, 1.807) is 6.21 Å². The first-order valence-electron chi connectivity index (χ1n) is 7.46. The maximum absolute atomic E-state index is 11.8. The van der Waals surface area contributed by atoms with Gasteiger partial charge in [-0.05, 0) is 52.9 Å². The number of benzene rings is 1. The van der Waals surface area contributed by atoms with Crippen molar-refractivity contribution in [1.29, 1.82) is 0 Å². The van der Waals surface area contributed by atoms with Crippen LogP contribution in [0.4, 0.5) is 0 Å². The zero-order valence-electron chi connectivity index (χ0n) is 13.9. The molecule has 0 atom stereocenters. The van der Waals surface area contributed by atoms with E-state index in [4.69, 9.17) is 4.74 Å². The van der Waals surface area contributed by atoms with Gasteiger partial charge >= 0.3 is 5.97 Å². The molecule has 7 nitrogen and oxygen atoms in total. The number of esters is 1. The van der Waals surface area contributed by atoms with E-state index in [2.05, 4.69) is 58.8 Å². The summed E-state index contributed by atoms with van der Waals surface area (Å²) in [7, 11) is 1.24. The number of amides is 1. The number of methoxy groups -OCH3 is 1. The minimum atomic E-state index is -0.603.